The molecule has 4 nitrogen and oxygen atoms in total. The van der Waals surface area contributed by atoms with Gasteiger partial charge < -0.3 is 10.4 Å². The monoisotopic (exact) mass is 200 g/mol. The van der Waals surface area contributed by atoms with Gasteiger partial charge in [-0.25, -0.2) is 0 Å². The maximum atomic E-state index is 11.0. The van der Waals surface area contributed by atoms with Gasteiger partial charge in [-0.3, -0.25) is 9.69 Å². The largest absolute Gasteiger partial charge is 0.392 e. The first-order chi connectivity index (χ1) is 6.61. The van der Waals surface area contributed by atoms with E-state index >= 15 is 0 Å². The van der Waals surface area contributed by atoms with Crippen LogP contribution in [0.4, 0.5) is 0 Å². The van der Waals surface area contributed by atoms with E-state index in [1.54, 1.807) is 7.05 Å². The van der Waals surface area contributed by atoms with Crippen LogP contribution in [0.5, 0.6) is 0 Å². The summed E-state index contributed by atoms with van der Waals surface area (Å²) in [5, 5.41) is 12.1. The minimum absolute atomic E-state index is 0.0673. The van der Waals surface area contributed by atoms with Crippen LogP contribution < -0.4 is 5.32 Å². The average molecular weight is 200 g/mol. The second-order valence-electron chi connectivity index (χ2n) is 4.18. The van der Waals surface area contributed by atoms with Crippen LogP contribution in [0.15, 0.2) is 0 Å². The molecule has 0 spiro atoms. The van der Waals surface area contributed by atoms with Crippen molar-refractivity contribution in [3.05, 3.63) is 0 Å². The number of piperidine rings is 1. The highest BCUT2D eigenvalue weighted by molar-refractivity contribution is 5.75. The Balaban J connectivity index is 2.26. The highest BCUT2D eigenvalue weighted by Gasteiger charge is 2.22. The van der Waals surface area contributed by atoms with E-state index in [0.29, 0.717) is 18.9 Å². The molecule has 0 aromatic rings. The number of hydrogen-bond acceptors (Lipinski definition) is 3. The Morgan fingerprint density at radius 2 is 2.29 bits per heavy atom. The number of β-amino-alcohol motifs (C(OH)–C–C–N with tert-alkyl or cyclic N) is 1. The summed E-state index contributed by atoms with van der Waals surface area (Å²) in [4.78, 5) is 13.2. The molecule has 1 fully saturated rings. The lowest BCUT2D eigenvalue weighted by Gasteiger charge is -2.33. The molecule has 0 aliphatic carbocycles. The molecule has 0 aromatic heterocycles. The number of likely N-dealkylation sites (tertiary alicyclic amines) is 1. The molecule has 1 aliphatic heterocycles. The van der Waals surface area contributed by atoms with Crippen molar-refractivity contribution < 1.29 is 9.90 Å². The van der Waals surface area contributed by atoms with Gasteiger partial charge in [-0.05, 0) is 12.3 Å². The van der Waals surface area contributed by atoms with Gasteiger partial charge in [0, 0.05) is 33.1 Å². The van der Waals surface area contributed by atoms with E-state index in [9.17, 15) is 9.90 Å². The normalized spacial score (nSPS) is 28.8. The van der Waals surface area contributed by atoms with Crippen molar-refractivity contribution in [1.29, 1.82) is 0 Å². The smallest absolute Gasteiger partial charge is 0.221 e. The Bertz CT molecular complexity index is 187. The third-order valence-electron chi connectivity index (χ3n) is 2.65. The first-order valence-corrected chi connectivity index (χ1v) is 5.22. The molecule has 4 heteroatoms. The number of nitrogens with zero attached hydrogens (tertiary/aromatic N) is 1. The number of carbonyl (C=O) groups is 1. The van der Waals surface area contributed by atoms with Crippen LogP contribution in [0.1, 0.15) is 19.8 Å². The average Bonchev–Trinajstić information content (AvgIpc) is 2.12. The number of carbonyl (C=O) groups excluding carboxylic acids is 1. The van der Waals surface area contributed by atoms with Crippen molar-refractivity contribution >= 4 is 5.91 Å². The third-order valence-corrected chi connectivity index (χ3v) is 2.65. The number of amides is 1. The van der Waals surface area contributed by atoms with Crippen molar-refractivity contribution in [1.82, 2.24) is 10.2 Å². The Kier molecular flexibility index (Phi) is 4.35. The Hall–Kier alpha value is -0.610. The van der Waals surface area contributed by atoms with Gasteiger partial charge in [0.2, 0.25) is 5.91 Å². The van der Waals surface area contributed by atoms with Gasteiger partial charge in [0.15, 0.2) is 0 Å². The molecule has 1 rings (SSSR count). The molecular formula is C10H20N2O2. The van der Waals surface area contributed by atoms with E-state index in [-0.39, 0.29) is 12.0 Å². The molecule has 2 unspecified atom stereocenters. The van der Waals surface area contributed by atoms with Crippen molar-refractivity contribution in [2.24, 2.45) is 5.92 Å². The fraction of sp³-hybridized carbons (Fsp3) is 0.900. The molecule has 0 saturated carbocycles. The Labute approximate surface area is 85.3 Å². The standard InChI is InChI=1S/C10H20N2O2/c1-8-5-9(13)7-12(6-8)4-3-10(14)11-2/h8-9,13H,3-7H2,1-2H3,(H,11,14). The molecule has 1 amide bonds. The number of hydrogen-bond donors (Lipinski definition) is 2. The zero-order valence-corrected chi connectivity index (χ0v) is 8.99. The highest BCUT2D eigenvalue weighted by atomic mass is 16.3. The van der Waals surface area contributed by atoms with Crippen LogP contribution in [-0.2, 0) is 4.79 Å². The molecule has 1 heterocycles. The SMILES string of the molecule is CNC(=O)CCN1CC(C)CC(O)C1. The van der Waals surface area contributed by atoms with Gasteiger partial charge in [-0.1, -0.05) is 6.92 Å². The molecule has 82 valence electrons. The lowest BCUT2D eigenvalue weighted by molar-refractivity contribution is -0.121. The minimum atomic E-state index is -0.219. The summed E-state index contributed by atoms with van der Waals surface area (Å²) in [7, 11) is 1.65. The van der Waals surface area contributed by atoms with Gasteiger partial charge in [-0.2, -0.15) is 0 Å². The molecule has 0 aromatic carbocycles. The summed E-state index contributed by atoms with van der Waals surface area (Å²) in [6, 6.07) is 0. The summed E-state index contributed by atoms with van der Waals surface area (Å²) in [6.45, 7) is 4.59. The minimum Gasteiger partial charge on any atom is -0.392 e. The molecular weight excluding hydrogens is 180 g/mol. The van der Waals surface area contributed by atoms with E-state index in [0.717, 1.165) is 19.5 Å². The second-order valence-corrected chi connectivity index (χ2v) is 4.18. The fourth-order valence-corrected chi connectivity index (χ4v) is 1.99. The zero-order valence-electron chi connectivity index (χ0n) is 8.99. The van der Waals surface area contributed by atoms with Crippen molar-refractivity contribution in [2.75, 3.05) is 26.7 Å². The van der Waals surface area contributed by atoms with Crippen molar-refractivity contribution in [3.8, 4) is 0 Å². The maximum Gasteiger partial charge on any atom is 0.221 e. The van der Waals surface area contributed by atoms with Crippen LogP contribution in [-0.4, -0.2) is 48.7 Å². The molecule has 0 radical (unpaired) electrons. The summed E-state index contributed by atoms with van der Waals surface area (Å²) in [5.74, 6) is 0.598. The first kappa shape index (κ1) is 11.5. The van der Waals surface area contributed by atoms with Crippen LogP contribution in [0.3, 0.4) is 0 Å². The van der Waals surface area contributed by atoms with E-state index in [2.05, 4.69) is 17.1 Å². The molecule has 2 atom stereocenters. The van der Waals surface area contributed by atoms with Crippen molar-refractivity contribution in [3.63, 3.8) is 0 Å². The quantitative estimate of drug-likeness (QED) is 0.665. The van der Waals surface area contributed by atoms with Gasteiger partial charge in [-0.15, -0.1) is 0 Å². The molecule has 0 bridgehead atoms. The predicted octanol–water partition coefficient (Wildman–Crippen LogP) is -0.175. The Morgan fingerprint density at radius 1 is 1.57 bits per heavy atom. The van der Waals surface area contributed by atoms with Crippen LogP contribution >= 0.6 is 0 Å². The highest BCUT2D eigenvalue weighted by Crippen LogP contribution is 2.15. The van der Waals surface area contributed by atoms with Crippen LogP contribution in [0.2, 0.25) is 0 Å². The lowest BCUT2D eigenvalue weighted by atomic mass is 9.98. The van der Waals surface area contributed by atoms with Crippen LogP contribution in [0, 0.1) is 5.92 Å². The number of rotatable bonds is 3. The van der Waals surface area contributed by atoms with E-state index in [1.807, 2.05) is 0 Å². The van der Waals surface area contributed by atoms with Gasteiger partial charge in [0.25, 0.3) is 0 Å². The molecule has 2 N–H and O–H groups in total. The summed E-state index contributed by atoms with van der Waals surface area (Å²) in [5.41, 5.74) is 0. The van der Waals surface area contributed by atoms with E-state index < -0.39 is 0 Å². The number of aliphatic hydroxyl groups is 1. The summed E-state index contributed by atoms with van der Waals surface area (Å²) in [6.07, 6.45) is 1.19. The Morgan fingerprint density at radius 3 is 2.86 bits per heavy atom. The first-order valence-electron chi connectivity index (χ1n) is 5.22. The summed E-state index contributed by atoms with van der Waals surface area (Å²) >= 11 is 0. The predicted molar refractivity (Wildman–Crippen MR) is 54.9 cm³/mol. The molecule has 1 aliphatic rings. The van der Waals surface area contributed by atoms with Crippen LogP contribution in [0.25, 0.3) is 0 Å². The van der Waals surface area contributed by atoms with Gasteiger partial charge >= 0.3 is 0 Å². The maximum absolute atomic E-state index is 11.0. The lowest BCUT2D eigenvalue weighted by Crippen LogP contribution is -2.43. The second kappa shape index (κ2) is 5.32. The topological polar surface area (TPSA) is 52.6 Å². The molecule has 14 heavy (non-hydrogen) atoms. The van der Waals surface area contributed by atoms with E-state index in [1.165, 1.54) is 0 Å². The fourth-order valence-electron chi connectivity index (χ4n) is 1.99. The summed E-state index contributed by atoms with van der Waals surface area (Å²) < 4.78 is 0. The van der Waals surface area contributed by atoms with Gasteiger partial charge in [0.05, 0.1) is 6.10 Å². The zero-order chi connectivity index (χ0) is 10.6. The van der Waals surface area contributed by atoms with Gasteiger partial charge in [0.1, 0.15) is 0 Å². The number of nitrogens with one attached hydrogen (secondary N) is 1. The number of aliphatic hydroxyl groups excluding tert-OH is 1. The van der Waals surface area contributed by atoms with E-state index in [4.69, 9.17) is 0 Å². The van der Waals surface area contributed by atoms with Crippen molar-refractivity contribution in [2.45, 2.75) is 25.9 Å². The third kappa shape index (κ3) is 3.64. The molecule has 1 saturated heterocycles.